The van der Waals surface area contributed by atoms with Gasteiger partial charge in [0, 0.05) is 11.4 Å². The van der Waals surface area contributed by atoms with Crippen LogP contribution in [0.2, 0.25) is 0 Å². The molecule has 0 unspecified atom stereocenters. The summed E-state index contributed by atoms with van der Waals surface area (Å²) in [5, 5.41) is 0. The van der Waals surface area contributed by atoms with E-state index in [4.69, 9.17) is 15.7 Å². The highest BCUT2D eigenvalue weighted by molar-refractivity contribution is 7.87. The molecule has 0 aliphatic carbocycles. The third kappa shape index (κ3) is 2.85. The molecule has 0 aliphatic rings. The minimum atomic E-state index is -3.95. The lowest BCUT2D eigenvalue weighted by atomic mass is 10.2. The van der Waals surface area contributed by atoms with Crippen LogP contribution in [-0.2, 0) is 10.1 Å². The fourth-order valence-electron chi connectivity index (χ4n) is 1.64. The molecule has 0 aromatic heterocycles. The van der Waals surface area contributed by atoms with Gasteiger partial charge < -0.3 is 15.7 Å². The largest absolute Gasteiger partial charge is 0.398 e. The quantitative estimate of drug-likeness (QED) is 0.668. The van der Waals surface area contributed by atoms with Gasteiger partial charge in [-0.25, -0.2) is 0 Å². The molecule has 0 heterocycles. The van der Waals surface area contributed by atoms with Crippen LogP contribution in [0, 0.1) is 13.8 Å². The summed E-state index contributed by atoms with van der Waals surface area (Å²) in [5.74, 6) is 0.244. The monoisotopic (exact) mass is 292 g/mol. The van der Waals surface area contributed by atoms with Crippen molar-refractivity contribution in [3.63, 3.8) is 0 Å². The van der Waals surface area contributed by atoms with E-state index in [1.165, 1.54) is 12.1 Å². The smallest absolute Gasteiger partial charge is 0.339 e. The van der Waals surface area contributed by atoms with Crippen molar-refractivity contribution in [3.8, 4) is 5.75 Å². The molecule has 20 heavy (non-hydrogen) atoms. The van der Waals surface area contributed by atoms with Crippen LogP contribution in [-0.4, -0.2) is 8.42 Å². The highest BCUT2D eigenvalue weighted by Gasteiger charge is 2.19. The van der Waals surface area contributed by atoms with E-state index in [1.807, 2.05) is 6.92 Å². The molecule has 0 bridgehead atoms. The summed E-state index contributed by atoms with van der Waals surface area (Å²) in [6.07, 6.45) is 0. The molecule has 0 aliphatic heterocycles. The number of anilines is 2. The van der Waals surface area contributed by atoms with Crippen molar-refractivity contribution in [1.29, 1.82) is 0 Å². The Balaban J connectivity index is 2.38. The van der Waals surface area contributed by atoms with Crippen molar-refractivity contribution in [2.24, 2.45) is 0 Å². The summed E-state index contributed by atoms with van der Waals surface area (Å²) in [5.41, 5.74) is 13.8. The Labute approximate surface area is 118 Å². The molecule has 2 aromatic carbocycles. The van der Waals surface area contributed by atoms with Crippen molar-refractivity contribution in [3.05, 3.63) is 47.5 Å². The Morgan fingerprint density at radius 3 is 1.95 bits per heavy atom. The van der Waals surface area contributed by atoms with Gasteiger partial charge >= 0.3 is 10.1 Å². The zero-order chi connectivity index (χ0) is 14.9. The maximum atomic E-state index is 12.2. The van der Waals surface area contributed by atoms with Crippen molar-refractivity contribution < 1.29 is 12.6 Å². The number of hydrogen-bond acceptors (Lipinski definition) is 5. The number of rotatable bonds is 3. The van der Waals surface area contributed by atoms with E-state index in [0.29, 0.717) is 16.9 Å². The minimum absolute atomic E-state index is 0.0568. The molecule has 0 amide bonds. The van der Waals surface area contributed by atoms with Gasteiger partial charge in [0.15, 0.2) is 0 Å². The van der Waals surface area contributed by atoms with Crippen molar-refractivity contribution in [2.75, 3.05) is 11.5 Å². The van der Waals surface area contributed by atoms with Crippen LogP contribution < -0.4 is 15.7 Å². The van der Waals surface area contributed by atoms with E-state index >= 15 is 0 Å². The predicted molar refractivity (Wildman–Crippen MR) is 79.0 cm³/mol. The highest BCUT2D eigenvalue weighted by atomic mass is 32.2. The first-order chi connectivity index (χ1) is 9.29. The van der Waals surface area contributed by atoms with E-state index < -0.39 is 10.1 Å². The number of aryl methyl sites for hydroxylation is 1. The van der Waals surface area contributed by atoms with Gasteiger partial charge in [0.1, 0.15) is 10.6 Å². The summed E-state index contributed by atoms with van der Waals surface area (Å²) in [6.45, 7) is 3.63. The fourth-order valence-corrected chi connectivity index (χ4v) is 2.65. The van der Waals surface area contributed by atoms with E-state index in [1.54, 1.807) is 31.2 Å². The normalized spacial score (nSPS) is 11.3. The van der Waals surface area contributed by atoms with Gasteiger partial charge in [-0.1, -0.05) is 17.7 Å². The van der Waals surface area contributed by atoms with Gasteiger partial charge in [-0.2, -0.15) is 8.42 Å². The van der Waals surface area contributed by atoms with Gasteiger partial charge in [-0.05, 0) is 43.7 Å². The van der Waals surface area contributed by atoms with Crippen molar-refractivity contribution in [2.45, 2.75) is 18.7 Å². The predicted octanol–water partition coefficient (Wildman–Crippen LogP) is 2.24. The molecule has 0 atom stereocenters. The van der Waals surface area contributed by atoms with E-state index in [0.717, 1.165) is 5.56 Å². The molecule has 6 heteroatoms. The average Bonchev–Trinajstić information content (AvgIpc) is 2.38. The van der Waals surface area contributed by atoms with Gasteiger partial charge in [0.2, 0.25) is 0 Å². The summed E-state index contributed by atoms with van der Waals surface area (Å²) in [6, 6.07) is 9.40. The van der Waals surface area contributed by atoms with E-state index in [2.05, 4.69) is 0 Å². The van der Waals surface area contributed by atoms with Crippen LogP contribution in [0.3, 0.4) is 0 Å². The fraction of sp³-hybridized carbons (Fsp3) is 0.143. The van der Waals surface area contributed by atoms with Gasteiger partial charge in [0.25, 0.3) is 0 Å². The lowest BCUT2D eigenvalue weighted by molar-refractivity contribution is 0.486. The summed E-state index contributed by atoms with van der Waals surface area (Å²) < 4.78 is 29.4. The Bertz CT molecular complexity index is 715. The second-order valence-electron chi connectivity index (χ2n) is 4.58. The maximum absolute atomic E-state index is 12.2. The zero-order valence-electron chi connectivity index (χ0n) is 11.3. The third-order valence-corrected chi connectivity index (χ3v) is 4.20. The maximum Gasteiger partial charge on any atom is 0.339 e. The lowest BCUT2D eigenvalue weighted by Crippen LogP contribution is -2.11. The lowest BCUT2D eigenvalue weighted by Gasteiger charge is -2.10. The van der Waals surface area contributed by atoms with Crippen LogP contribution in [0.1, 0.15) is 11.1 Å². The number of nitrogens with two attached hydrogens (primary N) is 2. The number of benzene rings is 2. The van der Waals surface area contributed by atoms with Gasteiger partial charge in [-0.15, -0.1) is 0 Å². The van der Waals surface area contributed by atoms with Gasteiger partial charge in [0.05, 0.1) is 0 Å². The Kier molecular flexibility index (Phi) is 3.59. The first-order valence-corrected chi connectivity index (χ1v) is 7.37. The Morgan fingerprint density at radius 1 is 0.950 bits per heavy atom. The highest BCUT2D eigenvalue weighted by Crippen LogP contribution is 2.26. The Hall–Kier alpha value is -2.21. The van der Waals surface area contributed by atoms with Crippen LogP contribution in [0.25, 0.3) is 0 Å². The van der Waals surface area contributed by atoms with Crippen LogP contribution >= 0.6 is 0 Å². The molecule has 0 radical (unpaired) electrons. The number of nitrogen functional groups attached to an aromatic ring is 2. The standard InChI is InChI=1S/C14H16N2O3S/c1-9-3-5-11(6-4-9)19-20(17,18)12-7-13(15)10(2)14(16)8-12/h3-8H,15-16H2,1-2H3. The molecule has 4 N–H and O–H groups in total. The first kappa shape index (κ1) is 14.2. The summed E-state index contributed by atoms with van der Waals surface area (Å²) >= 11 is 0. The summed E-state index contributed by atoms with van der Waals surface area (Å²) in [7, 11) is -3.95. The molecular weight excluding hydrogens is 276 g/mol. The SMILES string of the molecule is Cc1ccc(OS(=O)(=O)c2cc(N)c(C)c(N)c2)cc1. The first-order valence-electron chi connectivity index (χ1n) is 5.96. The second-order valence-corrected chi connectivity index (χ2v) is 6.12. The van der Waals surface area contributed by atoms with Crippen molar-refractivity contribution >= 4 is 21.5 Å². The molecule has 0 saturated heterocycles. The van der Waals surface area contributed by atoms with E-state index in [9.17, 15) is 8.42 Å². The Morgan fingerprint density at radius 2 is 1.45 bits per heavy atom. The molecule has 106 valence electrons. The molecule has 2 rings (SSSR count). The third-order valence-electron chi connectivity index (χ3n) is 2.98. The number of hydrogen-bond donors (Lipinski definition) is 2. The topological polar surface area (TPSA) is 95.4 Å². The molecule has 0 saturated carbocycles. The van der Waals surface area contributed by atoms with Crippen LogP contribution in [0.15, 0.2) is 41.3 Å². The van der Waals surface area contributed by atoms with E-state index in [-0.39, 0.29) is 10.6 Å². The van der Waals surface area contributed by atoms with Gasteiger partial charge in [-0.3, -0.25) is 0 Å². The minimum Gasteiger partial charge on any atom is -0.398 e. The van der Waals surface area contributed by atoms with Crippen LogP contribution in [0.4, 0.5) is 11.4 Å². The molecule has 0 spiro atoms. The molecule has 5 nitrogen and oxygen atoms in total. The molecule has 0 fully saturated rings. The summed E-state index contributed by atoms with van der Waals surface area (Å²) in [4.78, 5) is -0.0568. The molecular formula is C14H16N2O3S. The van der Waals surface area contributed by atoms with Crippen LogP contribution in [0.5, 0.6) is 5.75 Å². The molecule has 2 aromatic rings. The second kappa shape index (κ2) is 5.05. The van der Waals surface area contributed by atoms with Crippen molar-refractivity contribution in [1.82, 2.24) is 0 Å². The average molecular weight is 292 g/mol. The zero-order valence-corrected chi connectivity index (χ0v) is 12.1.